The topological polar surface area (TPSA) is 35.8 Å². The summed E-state index contributed by atoms with van der Waals surface area (Å²) in [4.78, 5) is 0. The summed E-state index contributed by atoms with van der Waals surface area (Å²) in [6, 6.07) is 11.0. The lowest BCUT2D eigenvalue weighted by atomic mass is 9.83. The van der Waals surface area contributed by atoms with Crippen LogP contribution in [0.1, 0.15) is 56.1 Å². The van der Waals surface area contributed by atoms with Crippen molar-refractivity contribution in [2.24, 2.45) is 5.92 Å². The molecule has 0 atom stereocenters. The van der Waals surface area contributed by atoms with Crippen molar-refractivity contribution in [3.63, 3.8) is 0 Å². The molecule has 0 amide bonds. The molecule has 0 spiro atoms. The molecule has 2 fully saturated rings. The molecule has 2 aliphatic carbocycles. The van der Waals surface area contributed by atoms with Gasteiger partial charge in [0.1, 0.15) is 0 Å². The van der Waals surface area contributed by atoms with E-state index in [4.69, 9.17) is 5.26 Å². The molecule has 0 heterocycles. The molecule has 0 unspecified atom stereocenters. The van der Waals surface area contributed by atoms with Crippen LogP contribution in [0.4, 0.5) is 0 Å². The molecule has 0 bridgehead atoms. The quantitative estimate of drug-likeness (QED) is 0.874. The van der Waals surface area contributed by atoms with Gasteiger partial charge in [-0.15, -0.1) is 0 Å². The van der Waals surface area contributed by atoms with Crippen molar-refractivity contribution in [1.29, 1.82) is 5.26 Å². The van der Waals surface area contributed by atoms with Crippen molar-refractivity contribution in [2.75, 3.05) is 6.54 Å². The number of nitrogens with one attached hydrogen (secondary N) is 1. The molecule has 0 saturated heterocycles. The Labute approximate surface area is 127 Å². The predicted molar refractivity (Wildman–Crippen MR) is 86.7 cm³/mol. The maximum atomic E-state index is 9.05. The van der Waals surface area contributed by atoms with Gasteiger partial charge in [-0.1, -0.05) is 43.0 Å². The highest BCUT2D eigenvalue weighted by molar-refractivity contribution is 5.56. The Bertz CT molecular complexity index is 543. The average Bonchev–Trinajstić information content (AvgIpc) is 3.37. The molecule has 2 saturated carbocycles. The molecule has 1 aromatic carbocycles. The number of rotatable bonds is 5. The first-order chi connectivity index (χ1) is 10.3. The molecule has 0 radical (unpaired) electrons. The summed E-state index contributed by atoms with van der Waals surface area (Å²) in [7, 11) is 0. The highest BCUT2D eigenvalue weighted by Gasteiger charge is 2.23. The Morgan fingerprint density at radius 1 is 1.19 bits per heavy atom. The summed E-state index contributed by atoms with van der Waals surface area (Å²) in [5.41, 5.74) is 3.46. The van der Waals surface area contributed by atoms with Crippen LogP contribution in [0.5, 0.6) is 0 Å². The first kappa shape index (κ1) is 14.4. The van der Waals surface area contributed by atoms with Crippen molar-refractivity contribution in [1.82, 2.24) is 5.32 Å². The molecule has 3 rings (SSSR count). The second kappa shape index (κ2) is 6.91. The van der Waals surface area contributed by atoms with Gasteiger partial charge in [0.25, 0.3) is 0 Å². The highest BCUT2D eigenvalue weighted by atomic mass is 14.9. The Morgan fingerprint density at radius 3 is 2.71 bits per heavy atom. The van der Waals surface area contributed by atoms with Crippen molar-refractivity contribution in [3.05, 3.63) is 41.0 Å². The SMILES string of the molecule is N#Cc1cccc(/C=C(/CNC2CC2)C2CCCCC2)c1. The van der Waals surface area contributed by atoms with Gasteiger partial charge < -0.3 is 5.32 Å². The lowest BCUT2D eigenvalue weighted by Crippen LogP contribution is -2.24. The summed E-state index contributed by atoms with van der Waals surface area (Å²) < 4.78 is 0. The van der Waals surface area contributed by atoms with E-state index in [0.29, 0.717) is 0 Å². The van der Waals surface area contributed by atoms with Crippen molar-refractivity contribution in [2.45, 2.75) is 51.0 Å². The monoisotopic (exact) mass is 280 g/mol. The third-order valence-corrected chi connectivity index (χ3v) is 4.67. The van der Waals surface area contributed by atoms with E-state index in [0.717, 1.165) is 24.1 Å². The third kappa shape index (κ3) is 4.19. The van der Waals surface area contributed by atoms with Crippen molar-refractivity contribution < 1.29 is 0 Å². The van der Waals surface area contributed by atoms with Gasteiger partial charge in [0.15, 0.2) is 0 Å². The summed E-state index contributed by atoms with van der Waals surface area (Å²) >= 11 is 0. The average molecular weight is 280 g/mol. The number of hydrogen-bond donors (Lipinski definition) is 1. The minimum atomic E-state index is 0.732. The smallest absolute Gasteiger partial charge is 0.0991 e. The van der Waals surface area contributed by atoms with Crippen LogP contribution in [0.25, 0.3) is 6.08 Å². The van der Waals surface area contributed by atoms with Crippen LogP contribution in [-0.2, 0) is 0 Å². The molecule has 1 aromatic rings. The summed E-state index contributed by atoms with van der Waals surface area (Å²) in [5.74, 6) is 0.732. The van der Waals surface area contributed by atoms with Gasteiger partial charge in [-0.25, -0.2) is 0 Å². The number of hydrogen-bond acceptors (Lipinski definition) is 2. The van der Waals surface area contributed by atoms with E-state index >= 15 is 0 Å². The van der Waals surface area contributed by atoms with Crippen LogP contribution < -0.4 is 5.32 Å². The van der Waals surface area contributed by atoms with Gasteiger partial charge >= 0.3 is 0 Å². The van der Waals surface area contributed by atoms with Gasteiger partial charge in [-0.05, 0) is 49.3 Å². The maximum absolute atomic E-state index is 9.05. The summed E-state index contributed by atoms with van der Waals surface area (Å²) in [5, 5.41) is 12.7. The molecule has 1 N–H and O–H groups in total. The fourth-order valence-corrected chi connectivity index (χ4v) is 3.25. The summed E-state index contributed by atoms with van der Waals surface area (Å²) in [6.45, 7) is 1.02. The van der Waals surface area contributed by atoms with Crippen LogP contribution >= 0.6 is 0 Å². The molecule has 0 aromatic heterocycles. The highest BCUT2D eigenvalue weighted by Crippen LogP contribution is 2.31. The standard InChI is InChI=1S/C19H24N2/c20-13-16-6-4-5-15(11-16)12-18(14-21-19-9-10-19)17-7-2-1-3-8-17/h4-6,11-12,17,19,21H,1-3,7-10,14H2/b18-12-. The van der Waals surface area contributed by atoms with E-state index in [1.165, 1.54) is 56.1 Å². The van der Waals surface area contributed by atoms with Gasteiger partial charge in [0.2, 0.25) is 0 Å². The van der Waals surface area contributed by atoms with E-state index in [1.807, 2.05) is 18.2 Å². The van der Waals surface area contributed by atoms with Crippen LogP contribution in [0, 0.1) is 17.2 Å². The van der Waals surface area contributed by atoms with E-state index < -0.39 is 0 Å². The number of nitriles is 1. The normalized spacial score (nSPS) is 20.2. The molecule has 110 valence electrons. The second-order valence-corrected chi connectivity index (χ2v) is 6.45. The fourth-order valence-electron chi connectivity index (χ4n) is 3.25. The van der Waals surface area contributed by atoms with Crippen LogP contribution in [-0.4, -0.2) is 12.6 Å². The Balaban J connectivity index is 1.77. The van der Waals surface area contributed by atoms with Crippen LogP contribution in [0.15, 0.2) is 29.8 Å². The van der Waals surface area contributed by atoms with Gasteiger partial charge in [-0.2, -0.15) is 5.26 Å². The Kier molecular flexibility index (Phi) is 4.72. The second-order valence-electron chi connectivity index (χ2n) is 6.45. The zero-order valence-electron chi connectivity index (χ0n) is 12.6. The van der Waals surface area contributed by atoms with Gasteiger partial charge in [0, 0.05) is 12.6 Å². The van der Waals surface area contributed by atoms with E-state index in [-0.39, 0.29) is 0 Å². The molecule has 2 heteroatoms. The maximum Gasteiger partial charge on any atom is 0.0991 e. The van der Waals surface area contributed by atoms with E-state index in [1.54, 1.807) is 0 Å². The lowest BCUT2D eigenvalue weighted by molar-refractivity contribution is 0.396. The Morgan fingerprint density at radius 2 is 2.00 bits per heavy atom. The zero-order valence-corrected chi connectivity index (χ0v) is 12.6. The molecule has 2 nitrogen and oxygen atoms in total. The number of benzene rings is 1. The Hall–Kier alpha value is -1.59. The van der Waals surface area contributed by atoms with E-state index in [9.17, 15) is 0 Å². The number of nitrogens with zero attached hydrogens (tertiary/aromatic N) is 1. The fraction of sp³-hybridized carbons (Fsp3) is 0.526. The zero-order chi connectivity index (χ0) is 14.5. The van der Waals surface area contributed by atoms with Gasteiger partial charge in [-0.3, -0.25) is 0 Å². The molecular weight excluding hydrogens is 256 g/mol. The largest absolute Gasteiger partial charge is 0.310 e. The minimum absolute atomic E-state index is 0.732. The first-order valence-corrected chi connectivity index (χ1v) is 8.29. The lowest BCUT2D eigenvalue weighted by Gasteiger charge is -2.25. The van der Waals surface area contributed by atoms with Gasteiger partial charge in [0.05, 0.1) is 11.6 Å². The van der Waals surface area contributed by atoms with E-state index in [2.05, 4.69) is 23.5 Å². The molecule has 0 aliphatic heterocycles. The third-order valence-electron chi connectivity index (χ3n) is 4.67. The molecule has 21 heavy (non-hydrogen) atoms. The predicted octanol–water partition coefficient (Wildman–Crippen LogP) is 4.27. The first-order valence-electron chi connectivity index (χ1n) is 8.29. The van der Waals surface area contributed by atoms with Crippen LogP contribution in [0.2, 0.25) is 0 Å². The van der Waals surface area contributed by atoms with Crippen molar-refractivity contribution in [3.8, 4) is 6.07 Å². The van der Waals surface area contributed by atoms with Crippen molar-refractivity contribution >= 4 is 6.08 Å². The van der Waals surface area contributed by atoms with Crippen LogP contribution in [0.3, 0.4) is 0 Å². The minimum Gasteiger partial charge on any atom is -0.310 e. The molecular formula is C19H24N2. The molecule has 2 aliphatic rings. The summed E-state index contributed by atoms with van der Waals surface area (Å²) in [6.07, 6.45) is 11.8.